The van der Waals surface area contributed by atoms with Gasteiger partial charge >= 0.3 is 0 Å². The Morgan fingerprint density at radius 3 is 1.67 bits per heavy atom. The van der Waals surface area contributed by atoms with E-state index in [4.69, 9.17) is 19.4 Å². The highest BCUT2D eigenvalue weighted by Crippen LogP contribution is 2.70. The van der Waals surface area contributed by atoms with Gasteiger partial charge < -0.3 is 4.42 Å². The average molecular weight is 688 g/mol. The highest BCUT2D eigenvalue weighted by molar-refractivity contribution is 8.33. The number of hydrogen-bond acceptors (Lipinski definition) is 4. The summed E-state index contributed by atoms with van der Waals surface area (Å²) in [6.45, 7) is 0. The first-order chi connectivity index (χ1) is 25.6. The van der Waals surface area contributed by atoms with Gasteiger partial charge in [0.1, 0.15) is 11.2 Å². The summed E-state index contributed by atoms with van der Waals surface area (Å²) in [6.07, 6.45) is 4.80. The standard InChI is InChI=1S/C47H33N3OS/c1-52(2)40-29-15-23-34(31-18-8-4-9-19-31)42(40)36-25-13-27-38(44(36)52)47-49-45(32-20-10-5-11-21-32)48-46(50-47)37-26-12-24-35-41-33(30-16-6-3-7-17-30)22-14-28-39(41)51-43(35)37/h3-29H,1-2H3. The largest absolute Gasteiger partial charge is 0.455 e. The minimum atomic E-state index is -1.43. The zero-order chi connectivity index (χ0) is 34.8. The van der Waals surface area contributed by atoms with E-state index >= 15 is 0 Å². The van der Waals surface area contributed by atoms with Gasteiger partial charge in [-0.1, -0.05) is 146 Å². The monoisotopic (exact) mass is 687 g/mol. The van der Waals surface area contributed by atoms with E-state index in [1.807, 2.05) is 30.3 Å². The first kappa shape index (κ1) is 30.5. The zero-order valence-electron chi connectivity index (χ0n) is 28.7. The fraction of sp³-hybridized carbons (Fsp3) is 0.0426. The number of benzene rings is 7. The van der Waals surface area contributed by atoms with E-state index in [1.165, 1.54) is 32.0 Å². The van der Waals surface area contributed by atoms with Crippen molar-refractivity contribution in [2.45, 2.75) is 9.79 Å². The number of rotatable bonds is 5. The van der Waals surface area contributed by atoms with Crippen molar-refractivity contribution in [3.8, 4) is 67.5 Å². The Bertz CT molecular complexity index is 2810. The van der Waals surface area contributed by atoms with Crippen LogP contribution in [0.2, 0.25) is 0 Å². The molecule has 5 heteroatoms. The molecule has 7 aromatic carbocycles. The van der Waals surface area contributed by atoms with Gasteiger partial charge in [0.25, 0.3) is 0 Å². The molecule has 2 aromatic heterocycles. The van der Waals surface area contributed by atoms with E-state index in [1.54, 1.807) is 0 Å². The second-order valence-electron chi connectivity index (χ2n) is 13.6. The molecule has 0 saturated carbocycles. The quantitative estimate of drug-likeness (QED) is 0.181. The molecule has 0 amide bonds. The van der Waals surface area contributed by atoms with Crippen molar-refractivity contribution in [1.82, 2.24) is 15.0 Å². The molecule has 0 bridgehead atoms. The second-order valence-corrected chi connectivity index (χ2v) is 17.1. The molecule has 52 heavy (non-hydrogen) atoms. The lowest BCUT2D eigenvalue weighted by Crippen LogP contribution is -2.03. The van der Waals surface area contributed by atoms with E-state index in [0.29, 0.717) is 17.5 Å². The Morgan fingerprint density at radius 2 is 0.942 bits per heavy atom. The Hall–Kier alpha value is -6.30. The van der Waals surface area contributed by atoms with Crippen molar-refractivity contribution in [3.05, 3.63) is 164 Å². The molecule has 248 valence electrons. The molecule has 0 fully saturated rings. The first-order valence-electron chi connectivity index (χ1n) is 17.4. The third-order valence-corrected chi connectivity index (χ3v) is 13.1. The van der Waals surface area contributed by atoms with E-state index in [0.717, 1.165) is 49.8 Å². The van der Waals surface area contributed by atoms with Gasteiger partial charge in [0.2, 0.25) is 0 Å². The second kappa shape index (κ2) is 11.9. The fourth-order valence-electron chi connectivity index (χ4n) is 7.88. The molecule has 0 atom stereocenters. The molecule has 3 heterocycles. The van der Waals surface area contributed by atoms with Gasteiger partial charge in [-0.2, -0.15) is 10.0 Å². The van der Waals surface area contributed by atoms with Gasteiger partial charge in [-0.05, 0) is 58.5 Å². The SMILES string of the molecule is CS1(C)c2cccc(-c3ccccc3)c2-c2cccc(-c3nc(-c4ccccc4)nc(-c4cccc5c4oc4cccc(-c6ccccc6)c45)n3)c21. The molecule has 0 spiro atoms. The van der Waals surface area contributed by atoms with Gasteiger partial charge in [-0.3, -0.25) is 0 Å². The molecule has 0 aliphatic carbocycles. The number of aromatic nitrogens is 3. The molecule has 0 unspecified atom stereocenters. The van der Waals surface area contributed by atoms with Crippen LogP contribution in [0.25, 0.3) is 89.5 Å². The Morgan fingerprint density at radius 1 is 0.423 bits per heavy atom. The van der Waals surface area contributed by atoms with Crippen molar-refractivity contribution in [2.24, 2.45) is 0 Å². The molecule has 0 N–H and O–H groups in total. The van der Waals surface area contributed by atoms with Gasteiger partial charge in [0, 0.05) is 37.3 Å². The Labute approximate surface area is 303 Å². The molecular formula is C47H33N3OS. The van der Waals surface area contributed by atoms with Crippen LogP contribution in [0, 0.1) is 0 Å². The van der Waals surface area contributed by atoms with E-state index in [2.05, 4.69) is 146 Å². The van der Waals surface area contributed by atoms with E-state index in [-0.39, 0.29) is 0 Å². The molecule has 10 rings (SSSR count). The van der Waals surface area contributed by atoms with Crippen molar-refractivity contribution in [3.63, 3.8) is 0 Å². The normalized spacial score (nSPS) is 13.6. The summed E-state index contributed by atoms with van der Waals surface area (Å²) >= 11 is 0. The predicted molar refractivity (Wildman–Crippen MR) is 216 cm³/mol. The summed E-state index contributed by atoms with van der Waals surface area (Å²) in [5.41, 5.74) is 11.7. The smallest absolute Gasteiger partial charge is 0.167 e. The molecule has 0 radical (unpaired) electrons. The van der Waals surface area contributed by atoms with Crippen LogP contribution in [0.3, 0.4) is 0 Å². The summed E-state index contributed by atoms with van der Waals surface area (Å²) in [5.74, 6) is 1.87. The number of furan rings is 1. The number of nitrogens with zero attached hydrogens (tertiary/aromatic N) is 3. The maximum Gasteiger partial charge on any atom is 0.167 e. The minimum Gasteiger partial charge on any atom is -0.455 e. The van der Waals surface area contributed by atoms with Gasteiger partial charge in [0.05, 0.1) is 5.56 Å². The number of fused-ring (bicyclic) bond motifs is 6. The minimum absolute atomic E-state index is 0.584. The third kappa shape index (κ3) is 4.74. The molecule has 1 aliphatic rings. The molecule has 0 saturated heterocycles. The van der Waals surface area contributed by atoms with E-state index in [9.17, 15) is 0 Å². The highest BCUT2D eigenvalue weighted by atomic mass is 32.3. The topological polar surface area (TPSA) is 51.8 Å². The molecule has 4 nitrogen and oxygen atoms in total. The summed E-state index contributed by atoms with van der Waals surface area (Å²) in [6, 6.07) is 57.3. The molecular weight excluding hydrogens is 655 g/mol. The predicted octanol–water partition coefficient (Wildman–Crippen LogP) is 12.6. The average Bonchev–Trinajstić information content (AvgIpc) is 3.71. The van der Waals surface area contributed by atoms with Gasteiger partial charge in [-0.15, -0.1) is 0 Å². The Kier molecular flexibility index (Phi) is 6.98. The number of hydrogen-bond donors (Lipinski definition) is 0. The zero-order valence-corrected chi connectivity index (χ0v) is 29.6. The Balaban J connectivity index is 1.21. The van der Waals surface area contributed by atoms with Gasteiger partial charge in [0.15, 0.2) is 17.5 Å². The highest BCUT2D eigenvalue weighted by Gasteiger charge is 2.36. The van der Waals surface area contributed by atoms with Crippen molar-refractivity contribution < 1.29 is 4.42 Å². The van der Waals surface area contributed by atoms with Crippen LogP contribution in [0.15, 0.2) is 178 Å². The van der Waals surface area contributed by atoms with Crippen LogP contribution in [-0.4, -0.2) is 27.5 Å². The van der Waals surface area contributed by atoms with Crippen LogP contribution in [0.1, 0.15) is 0 Å². The van der Waals surface area contributed by atoms with Crippen LogP contribution >= 0.6 is 10.0 Å². The number of para-hydroxylation sites is 1. The summed E-state index contributed by atoms with van der Waals surface area (Å²) in [7, 11) is -1.43. The van der Waals surface area contributed by atoms with Crippen molar-refractivity contribution in [2.75, 3.05) is 12.5 Å². The summed E-state index contributed by atoms with van der Waals surface area (Å²) in [5, 5.41) is 2.12. The fourth-order valence-corrected chi connectivity index (χ4v) is 10.7. The first-order valence-corrected chi connectivity index (χ1v) is 19.9. The van der Waals surface area contributed by atoms with Crippen LogP contribution in [-0.2, 0) is 0 Å². The van der Waals surface area contributed by atoms with Crippen molar-refractivity contribution >= 4 is 32.0 Å². The summed E-state index contributed by atoms with van der Waals surface area (Å²) in [4.78, 5) is 18.4. The van der Waals surface area contributed by atoms with Gasteiger partial charge in [-0.25, -0.2) is 15.0 Å². The molecule has 1 aliphatic heterocycles. The lowest BCUT2D eigenvalue weighted by molar-refractivity contribution is 0.669. The summed E-state index contributed by atoms with van der Waals surface area (Å²) < 4.78 is 6.70. The van der Waals surface area contributed by atoms with E-state index < -0.39 is 10.0 Å². The third-order valence-electron chi connectivity index (χ3n) is 10.2. The lowest BCUT2D eigenvalue weighted by atomic mass is 9.94. The maximum absolute atomic E-state index is 6.70. The van der Waals surface area contributed by atoms with Crippen LogP contribution in [0.4, 0.5) is 0 Å². The van der Waals surface area contributed by atoms with Crippen LogP contribution in [0.5, 0.6) is 0 Å². The lowest BCUT2D eigenvalue weighted by Gasteiger charge is -2.30. The maximum atomic E-state index is 6.70. The van der Waals surface area contributed by atoms with Crippen molar-refractivity contribution in [1.29, 1.82) is 0 Å². The van der Waals surface area contributed by atoms with Crippen LogP contribution < -0.4 is 0 Å². The molecule has 9 aromatic rings.